The maximum Gasteiger partial charge on any atom is 0.165 e. The summed E-state index contributed by atoms with van der Waals surface area (Å²) in [4.78, 5) is 0. The van der Waals surface area contributed by atoms with Gasteiger partial charge in [-0.3, -0.25) is 0 Å². The van der Waals surface area contributed by atoms with Crippen molar-refractivity contribution in [2.45, 2.75) is 0 Å². The van der Waals surface area contributed by atoms with Crippen molar-refractivity contribution in [2.24, 2.45) is 0 Å². The van der Waals surface area contributed by atoms with Crippen LogP contribution in [-0.4, -0.2) is 8.75 Å². The van der Waals surface area contributed by atoms with E-state index >= 15 is 0 Å². The Morgan fingerprint density at radius 3 is 2.56 bits per heavy atom. The van der Waals surface area contributed by atoms with Crippen LogP contribution in [0.25, 0.3) is 22.0 Å². The average molecular weight is 227 g/mol. The molecule has 0 bridgehead atoms. The van der Waals surface area contributed by atoms with Crippen LogP contribution in [0, 0.1) is 0 Å². The van der Waals surface area contributed by atoms with E-state index in [0.29, 0.717) is 5.82 Å². The quantitative estimate of drug-likeness (QED) is 0.695. The zero-order valence-corrected chi connectivity index (χ0v) is 9.24. The lowest BCUT2D eigenvalue weighted by atomic mass is 10.0. The van der Waals surface area contributed by atoms with Crippen LogP contribution >= 0.6 is 11.7 Å². The standard InChI is InChI=1S/C12H9N3S/c13-12-11(14-16-15-12)10-7-3-5-8-4-1-2-6-9(8)10/h1-7H,(H2,13,15). The molecule has 2 aromatic carbocycles. The zero-order valence-electron chi connectivity index (χ0n) is 8.42. The number of hydrogen-bond donors (Lipinski definition) is 1. The molecule has 3 rings (SSSR count). The second-order valence-electron chi connectivity index (χ2n) is 3.52. The first-order chi connectivity index (χ1) is 7.86. The summed E-state index contributed by atoms with van der Waals surface area (Å²) in [5, 5.41) is 2.34. The number of nitrogens with zero attached hydrogens (tertiary/aromatic N) is 2. The summed E-state index contributed by atoms with van der Waals surface area (Å²) in [6, 6.07) is 14.3. The minimum absolute atomic E-state index is 0.501. The number of nitrogens with two attached hydrogens (primary N) is 1. The molecule has 0 aliphatic rings. The van der Waals surface area contributed by atoms with Gasteiger partial charge in [0.15, 0.2) is 5.82 Å². The Morgan fingerprint density at radius 2 is 1.75 bits per heavy atom. The molecule has 0 aliphatic carbocycles. The molecule has 78 valence electrons. The Kier molecular flexibility index (Phi) is 2.08. The van der Waals surface area contributed by atoms with Crippen LogP contribution in [0.1, 0.15) is 0 Å². The molecule has 0 spiro atoms. The summed E-state index contributed by atoms with van der Waals surface area (Å²) in [6.45, 7) is 0. The van der Waals surface area contributed by atoms with Crippen LogP contribution in [0.3, 0.4) is 0 Å². The smallest absolute Gasteiger partial charge is 0.165 e. The van der Waals surface area contributed by atoms with Gasteiger partial charge in [0, 0.05) is 5.56 Å². The van der Waals surface area contributed by atoms with Crippen LogP contribution in [0.5, 0.6) is 0 Å². The van der Waals surface area contributed by atoms with Gasteiger partial charge in [-0.25, -0.2) is 0 Å². The van der Waals surface area contributed by atoms with Gasteiger partial charge in [-0.2, -0.15) is 8.75 Å². The van der Waals surface area contributed by atoms with Gasteiger partial charge in [0.05, 0.1) is 11.7 Å². The predicted octanol–water partition coefficient (Wildman–Crippen LogP) is 2.94. The average Bonchev–Trinajstić information content (AvgIpc) is 2.75. The second kappa shape index (κ2) is 3.57. The molecular weight excluding hydrogens is 218 g/mol. The van der Waals surface area contributed by atoms with Gasteiger partial charge in [-0.1, -0.05) is 42.5 Å². The lowest BCUT2D eigenvalue weighted by Crippen LogP contribution is -1.89. The third kappa shape index (κ3) is 1.35. The van der Waals surface area contributed by atoms with Crippen LogP contribution in [-0.2, 0) is 0 Å². The van der Waals surface area contributed by atoms with Crippen LogP contribution in [0.15, 0.2) is 42.5 Å². The summed E-state index contributed by atoms with van der Waals surface area (Å²) in [6.07, 6.45) is 0. The lowest BCUT2D eigenvalue weighted by molar-refractivity contribution is 1.51. The molecule has 1 heterocycles. The zero-order chi connectivity index (χ0) is 11.0. The van der Waals surface area contributed by atoms with Gasteiger partial charge in [-0.05, 0) is 10.8 Å². The van der Waals surface area contributed by atoms with Crippen molar-refractivity contribution >= 4 is 28.3 Å². The summed E-state index contributed by atoms with van der Waals surface area (Å²) in [5.41, 5.74) is 7.63. The normalized spacial score (nSPS) is 10.8. The molecule has 0 saturated heterocycles. The first-order valence-electron chi connectivity index (χ1n) is 4.92. The molecule has 0 atom stereocenters. The van der Waals surface area contributed by atoms with Gasteiger partial charge >= 0.3 is 0 Å². The Hall–Kier alpha value is -1.94. The van der Waals surface area contributed by atoms with Crippen molar-refractivity contribution < 1.29 is 0 Å². The van der Waals surface area contributed by atoms with E-state index in [9.17, 15) is 0 Å². The molecule has 0 aliphatic heterocycles. The van der Waals surface area contributed by atoms with Crippen molar-refractivity contribution in [3.8, 4) is 11.3 Å². The van der Waals surface area contributed by atoms with E-state index in [1.807, 2.05) is 24.3 Å². The highest BCUT2D eigenvalue weighted by atomic mass is 32.1. The molecule has 16 heavy (non-hydrogen) atoms. The third-order valence-corrected chi connectivity index (χ3v) is 3.10. The summed E-state index contributed by atoms with van der Waals surface area (Å²) in [5.74, 6) is 0.501. The van der Waals surface area contributed by atoms with Crippen molar-refractivity contribution in [3.63, 3.8) is 0 Å². The maximum absolute atomic E-state index is 5.80. The number of anilines is 1. The topological polar surface area (TPSA) is 51.8 Å². The Morgan fingerprint density at radius 1 is 0.938 bits per heavy atom. The van der Waals surface area contributed by atoms with Crippen molar-refractivity contribution in [2.75, 3.05) is 5.73 Å². The van der Waals surface area contributed by atoms with Crippen LogP contribution in [0.4, 0.5) is 5.82 Å². The highest BCUT2D eigenvalue weighted by Crippen LogP contribution is 2.30. The largest absolute Gasteiger partial charge is 0.381 e. The molecule has 0 radical (unpaired) electrons. The van der Waals surface area contributed by atoms with Crippen molar-refractivity contribution in [1.82, 2.24) is 8.75 Å². The summed E-state index contributed by atoms with van der Waals surface area (Å²) in [7, 11) is 0. The number of rotatable bonds is 1. The van der Waals surface area contributed by atoms with E-state index in [1.165, 1.54) is 5.39 Å². The molecular formula is C12H9N3S. The number of hydrogen-bond acceptors (Lipinski definition) is 4. The van der Waals surface area contributed by atoms with E-state index in [-0.39, 0.29) is 0 Å². The fourth-order valence-corrected chi connectivity index (χ4v) is 2.30. The van der Waals surface area contributed by atoms with E-state index in [0.717, 1.165) is 28.4 Å². The first-order valence-corrected chi connectivity index (χ1v) is 5.65. The molecule has 0 amide bonds. The fourth-order valence-electron chi connectivity index (χ4n) is 1.81. The van der Waals surface area contributed by atoms with Crippen molar-refractivity contribution in [3.05, 3.63) is 42.5 Å². The van der Waals surface area contributed by atoms with Crippen molar-refractivity contribution in [1.29, 1.82) is 0 Å². The van der Waals surface area contributed by atoms with Gasteiger partial charge in [0.25, 0.3) is 0 Å². The van der Waals surface area contributed by atoms with Crippen LogP contribution in [0.2, 0.25) is 0 Å². The minimum atomic E-state index is 0.501. The number of benzene rings is 2. The first kappa shape index (κ1) is 9.30. The second-order valence-corrected chi connectivity index (χ2v) is 4.05. The minimum Gasteiger partial charge on any atom is -0.381 e. The van der Waals surface area contributed by atoms with Gasteiger partial charge in [-0.15, -0.1) is 0 Å². The fraction of sp³-hybridized carbons (Fsp3) is 0. The van der Waals surface area contributed by atoms with E-state index in [4.69, 9.17) is 5.73 Å². The maximum atomic E-state index is 5.80. The monoisotopic (exact) mass is 227 g/mol. The Bertz CT molecular complexity index is 640. The molecule has 2 N–H and O–H groups in total. The summed E-state index contributed by atoms with van der Waals surface area (Å²) < 4.78 is 8.25. The summed E-state index contributed by atoms with van der Waals surface area (Å²) >= 11 is 1.14. The van der Waals surface area contributed by atoms with E-state index in [2.05, 4.69) is 26.9 Å². The Labute approximate surface area is 96.9 Å². The highest BCUT2D eigenvalue weighted by molar-refractivity contribution is 6.99. The van der Waals surface area contributed by atoms with Crippen LogP contribution < -0.4 is 5.73 Å². The number of fused-ring (bicyclic) bond motifs is 1. The highest BCUT2D eigenvalue weighted by Gasteiger charge is 2.09. The molecule has 0 fully saturated rings. The molecule has 4 heteroatoms. The molecule has 1 aromatic heterocycles. The Balaban J connectivity index is 2.36. The third-order valence-electron chi connectivity index (χ3n) is 2.56. The van der Waals surface area contributed by atoms with E-state index < -0.39 is 0 Å². The molecule has 3 nitrogen and oxygen atoms in total. The predicted molar refractivity (Wildman–Crippen MR) is 67.3 cm³/mol. The van der Waals surface area contributed by atoms with E-state index in [1.54, 1.807) is 0 Å². The van der Waals surface area contributed by atoms with Gasteiger partial charge in [0.2, 0.25) is 0 Å². The molecule has 0 saturated carbocycles. The molecule has 3 aromatic rings. The molecule has 0 unspecified atom stereocenters. The SMILES string of the molecule is Nc1nsnc1-c1cccc2ccccc12. The number of aromatic nitrogens is 2. The number of nitrogen functional groups attached to an aromatic ring is 1. The van der Waals surface area contributed by atoms with Gasteiger partial charge < -0.3 is 5.73 Å². The van der Waals surface area contributed by atoms with Gasteiger partial charge in [0.1, 0.15) is 5.69 Å². The lowest BCUT2D eigenvalue weighted by Gasteiger charge is -2.03.